The Bertz CT molecular complexity index is 1260. The van der Waals surface area contributed by atoms with Gasteiger partial charge in [0.15, 0.2) is 0 Å². The van der Waals surface area contributed by atoms with Crippen molar-refractivity contribution in [3.63, 3.8) is 0 Å². The minimum absolute atomic E-state index is 0.225. The lowest BCUT2D eigenvalue weighted by atomic mass is 9.71. The minimum atomic E-state index is -1.06. The highest BCUT2D eigenvalue weighted by Gasteiger charge is 2.40. The second-order valence-electron chi connectivity index (χ2n) is 9.86. The maximum Gasteiger partial charge on any atom is 0.216 e. The molecule has 0 bridgehead atoms. The highest BCUT2D eigenvalue weighted by molar-refractivity contribution is 5.81. The monoisotopic (exact) mass is 482 g/mol. The Morgan fingerprint density at radius 1 is 0.889 bits per heavy atom. The number of nitrogens with zero attached hydrogens (tertiary/aromatic N) is 2. The average molecular weight is 483 g/mol. The van der Waals surface area contributed by atoms with Crippen LogP contribution in [-0.2, 0) is 12.0 Å². The Balaban J connectivity index is 1.86. The maximum atomic E-state index is 12.6. The first-order valence-corrected chi connectivity index (χ1v) is 12.9. The van der Waals surface area contributed by atoms with Crippen molar-refractivity contribution >= 4 is 10.9 Å². The quantitative estimate of drug-likeness (QED) is 0.246. The molecule has 2 unspecified atom stereocenters. The van der Waals surface area contributed by atoms with E-state index in [1.165, 1.54) is 0 Å². The highest BCUT2D eigenvalue weighted by atomic mass is 16.5. The molecular formula is C32H38N2O2. The first-order valence-electron chi connectivity index (χ1n) is 12.9. The van der Waals surface area contributed by atoms with Gasteiger partial charge in [0.1, 0.15) is 5.60 Å². The summed E-state index contributed by atoms with van der Waals surface area (Å²) >= 11 is 0. The van der Waals surface area contributed by atoms with Crippen LogP contribution in [0.25, 0.3) is 10.9 Å². The average Bonchev–Trinajstić information content (AvgIpc) is 2.91. The molecule has 4 nitrogen and oxygen atoms in total. The van der Waals surface area contributed by atoms with Gasteiger partial charge in [-0.05, 0) is 81.2 Å². The zero-order valence-corrected chi connectivity index (χ0v) is 21.9. The molecule has 3 aromatic carbocycles. The van der Waals surface area contributed by atoms with Crippen LogP contribution < -0.4 is 4.74 Å². The number of unbranched alkanes of at least 4 members (excludes halogenated alkanes) is 1. The number of aromatic nitrogens is 1. The van der Waals surface area contributed by atoms with Crippen molar-refractivity contribution in [2.45, 2.75) is 44.1 Å². The summed E-state index contributed by atoms with van der Waals surface area (Å²) in [6, 6.07) is 29.1. The molecule has 4 aromatic rings. The number of hydrogen-bond donors (Lipinski definition) is 1. The molecule has 4 rings (SSSR count). The molecule has 0 saturated heterocycles. The SMILES string of the molecule is CCc1cc2cc(C(c3ccccc3)C(O)(CCCCN(C)C)c3ccccc3)ccc2nc1OC. The molecule has 0 aliphatic carbocycles. The lowest BCUT2D eigenvalue weighted by Crippen LogP contribution is -2.34. The normalized spacial score (nSPS) is 14.1. The molecule has 0 saturated carbocycles. The number of hydrogen-bond acceptors (Lipinski definition) is 4. The van der Waals surface area contributed by atoms with E-state index in [2.05, 4.69) is 86.6 Å². The van der Waals surface area contributed by atoms with Gasteiger partial charge in [-0.25, -0.2) is 4.98 Å². The molecule has 0 aliphatic heterocycles. The molecule has 0 spiro atoms. The van der Waals surface area contributed by atoms with E-state index in [1.807, 2.05) is 24.3 Å². The molecule has 4 heteroatoms. The number of fused-ring (bicyclic) bond motifs is 1. The van der Waals surface area contributed by atoms with Crippen molar-refractivity contribution in [2.75, 3.05) is 27.7 Å². The molecule has 1 aromatic heterocycles. The van der Waals surface area contributed by atoms with Crippen LogP contribution in [0.1, 0.15) is 54.4 Å². The van der Waals surface area contributed by atoms with E-state index in [-0.39, 0.29) is 5.92 Å². The first-order chi connectivity index (χ1) is 17.5. The van der Waals surface area contributed by atoms with Gasteiger partial charge >= 0.3 is 0 Å². The van der Waals surface area contributed by atoms with Gasteiger partial charge in [-0.1, -0.05) is 73.7 Å². The summed E-state index contributed by atoms with van der Waals surface area (Å²) in [6.07, 6.45) is 3.48. The lowest BCUT2D eigenvalue weighted by Gasteiger charge is -2.38. The number of pyridine rings is 1. The van der Waals surface area contributed by atoms with Crippen molar-refractivity contribution in [1.29, 1.82) is 0 Å². The topological polar surface area (TPSA) is 45.6 Å². The van der Waals surface area contributed by atoms with Crippen LogP contribution in [0.5, 0.6) is 5.88 Å². The van der Waals surface area contributed by atoms with Crippen LogP contribution in [0.15, 0.2) is 84.9 Å². The Labute approximate surface area is 215 Å². The summed E-state index contributed by atoms with van der Waals surface area (Å²) in [7, 11) is 5.86. The summed E-state index contributed by atoms with van der Waals surface area (Å²) < 4.78 is 5.52. The van der Waals surface area contributed by atoms with Crippen molar-refractivity contribution in [2.24, 2.45) is 0 Å². The van der Waals surface area contributed by atoms with E-state index < -0.39 is 5.60 Å². The Hall–Kier alpha value is -3.21. The zero-order chi connectivity index (χ0) is 25.5. The van der Waals surface area contributed by atoms with Crippen LogP contribution in [0.4, 0.5) is 0 Å². The van der Waals surface area contributed by atoms with Crippen molar-refractivity contribution in [3.05, 3.63) is 107 Å². The molecule has 0 aliphatic rings. The van der Waals surface area contributed by atoms with E-state index in [4.69, 9.17) is 9.72 Å². The van der Waals surface area contributed by atoms with Gasteiger partial charge in [-0.3, -0.25) is 0 Å². The maximum absolute atomic E-state index is 12.6. The summed E-state index contributed by atoms with van der Waals surface area (Å²) in [5, 5.41) is 13.7. The van der Waals surface area contributed by atoms with E-state index in [0.717, 1.165) is 59.0 Å². The third kappa shape index (κ3) is 5.61. The smallest absolute Gasteiger partial charge is 0.216 e. The Morgan fingerprint density at radius 3 is 2.22 bits per heavy atom. The fourth-order valence-electron chi connectivity index (χ4n) is 5.22. The van der Waals surface area contributed by atoms with Gasteiger partial charge in [0.2, 0.25) is 5.88 Å². The Kier molecular flexibility index (Phi) is 8.40. The third-order valence-electron chi connectivity index (χ3n) is 7.08. The predicted molar refractivity (Wildman–Crippen MR) is 149 cm³/mol. The van der Waals surface area contributed by atoms with Gasteiger partial charge in [-0.15, -0.1) is 0 Å². The van der Waals surface area contributed by atoms with Gasteiger partial charge in [-0.2, -0.15) is 0 Å². The molecule has 0 radical (unpaired) electrons. The molecule has 2 atom stereocenters. The molecule has 36 heavy (non-hydrogen) atoms. The Morgan fingerprint density at radius 2 is 1.58 bits per heavy atom. The van der Waals surface area contributed by atoms with E-state index >= 15 is 0 Å². The van der Waals surface area contributed by atoms with Crippen molar-refractivity contribution in [1.82, 2.24) is 9.88 Å². The lowest BCUT2D eigenvalue weighted by molar-refractivity contribution is 0.00752. The van der Waals surface area contributed by atoms with Gasteiger partial charge in [0, 0.05) is 16.9 Å². The van der Waals surface area contributed by atoms with Gasteiger partial charge < -0.3 is 14.7 Å². The van der Waals surface area contributed by atoms with Crippen LogP contribution >= 0.6 is 0 Å². The van der Waals surface area contributed by atoms with Crippen LogP contribution in [0, 0.1) is 0 Å². The number of benzene rings is 3. The third-order valence-corrected chi connectivity index (χ3v) is 7.08. The molecular weight excluding hydrogens is 444 g/mol. The fourth-order valence-corrected chi connectivity index (χ4v) is 5.22. The molecule has 0 fully saturated rings. The van der Waals surface area contributed by atoms with Crippen LogP contribution in [-0.4, -0.2) is 42.7 Å². The highest BCUT2D eigenvalue weighted by Crippen LogP contribution is 2.45. The standard InChI is InChI=1S/C32H38N2O2/c1-5-24-22-27-23-26(18-19-29(27)33-31(24)36-4)30(25-14-8-6-9-15-25)32(35,20-12-13-21-34(2)3)28-16-10-7-11-17-28/h6-11,14-19,22-23,30,35H,5,12-13,20-21H2,1-4H3. The number of aryl methyl sites for hydroxylation is 1. The minimum Gasteiger partial charge on any atom is -0.481 e. The van der Waals surface area contributed by atoms with E-state index in [1.54, 1.807) is 7.11 Å². The largest absolute Gasteiger partial charge is 0.481 e. The summed E-state index contributed by atoms with van der Waals surface area (Å²) in [5.41, 5.74) is 4.06. The number of aliphatic hydroxyl groups is 1. The number of methoxy groups -OCH3 is 1. The first kappa shape index (κ1) is 25.9. The van der Waals surface area contributed by atoms with Crippen LogP contribution in [0.3, 0.4) is 0 Å². The fraction of sp³-hybridized carbons (Fsp3) is 0.344. The van der Waals surface area contributed by atoms with E-state index in [0.29, 0.717) is 12.3 Å². The van der Waals surface area contributed by atoms with Gasteiger partial charge in [0.05, 0.1) is 12.6 Å². The second-order valence-corrected chi connectivity index (χ2v) is 9.86. The second kappa shape index (κ2) is 11.7. The van der Waals surface area contributed by atoms with Crippen molar-refractivity contribution in [3.8, 4) is 5.88 Å². The summed E-state index contributed by atoms with van der Waals surface area (Å²) in [5.74, 6) is 0.455. The molecule has 188 valence electrons. The molecule has 1 N–H and O–H groups in total. The van der Waals surface area contributed by atoms with Crippen molar-refractivity contribution < 1.29 is 9.84 Å². The molecule has 1 heterocycles. The van der Waals surface area contributed by atoms with Crippen LogP contribution in [0.2, 0.25) is 0 Å². The number of rotatable bonds is 11. The van der Waals surface area contributed by atoms with E-state index in [9.17, 15) is 5.11 Å². The summed E-state index contributed by atoms with van der Waals surface area (Å²) in [4.78, 5) is 6.95. The molecule has 0 amide bonds. The summed E-state index contributed by atoms with van der Waals surface area (Å²) in [6.45, 7) is 3.12. The van der Waals surface area contributed by atoms with Gasteiger partial charge in [0.25, 0.3) is 0 Å². The zero-order valence-electron chi connectivity index (χ0n) is 21.9. The number of ether oxygens (including phenoxy) is 1. The predicted octanol–water partition coefficient (Wildman–Crippen LogP) is 6.56.